The molecule has 8 heteroatoms. The maximum absolute atomic E-state index is 13.1. The van der Waals surface area contributed by atoms with E-state index in [9.17, 15) is 9.59 Å². The molecular formula is C19H35N3O4Si. The Balaban J connectivity index is 1.65. The van der Waals surface area contributed by atoms with Crippen molar-refractivity contribution in [3.63, 3.8) is 0 Å². The van der Waals surface area contributed by atoms with Gasteiger partial charge in [0.05, 0.1) is 13.2 Å². The molecule has 0 aromatic rings. The van der Waals surface area contributed by atoms with E-state index >= 15 is 0 Å². The highest BCUT2D eigenvalue weighted by Gasteiger charge is 2.62. The van der Waals surface area contributed by atoms with Crippen molar-refractivity contribution in [2.45, 2.75) is 69.9 Å². The van der Waals surface area contributed by atoms with Crippen molar-refractivity contribution in [1.82, 2.24) is 9.80 Å². The molecule has 7 nitrogen and oxygen atoms in total. The summed E-state index contributed by atoms with van der Waals surface area (Å²) >= 11 is 0. The molecule has 3 fully saturated rings. The highest BCUT2D eigenvalue weighted by Crippen LogP contribution is 2.42. The number of hydrogen-bond donors (Lipinski definition) is 1. The van der Waals surface area contributed by atoms with Gasteiger partial charge in [0, 0.05) is 27.3 Å². The number of carbonyl (C=O) groups excluding carboxylic acids is 2. The molecule has 2 aliphatic heterocycles. The van der Waals surface area contributed by atoms with Gasteiger partial charge in [0.15, 0.2) is 5.54 Å². The van der Waals surface area contributed by atoms with Crippen molar-refractivity contribution in [2.24, 2.45) is 11.1 Å². The zero-order chi connectivity index (χ0) is 19.9. The first-order valence-electron chi connectivity index (χ1n) is 10.1. The third kappa shape index (κ3) is 4.23. The van der Waals surface area contributed by atoms with Crippen molar-refractivity contribution in [3.05, 3.63) is 0 Å². The minimum atomic E-state index is -1.20. The van der Waals surface area contributed by atoms with Crippen LogP contribution in [0.25, 0.3) is 0 Å². The Kier molecular flexibility index (Phi) is 5.74. The van der Waals surface area contributed by atoms with E-state index in [4.69, 9.17) is 15.2 Å². The number of nitrogens with zero attached hydrogens (tertiary/aromatic N) is 2. The van der Waals surface area contributed by atoms with Crippen LogP contribution < -0.4 is 5.73 Å². The number of ether oxygens (including phenoxy) is 2. The largest absolute Gasteiger partial charge is 0.375 e. The highest BCUT2D eigenvalue weighted by molar-refractivity contribution is 6.76. The van der Waals surface area contributed by atoms with Gasteiger partial charge in [0.1, 0.15) is 6.73 Å². The van der Waals surface area contributed by atoms with E-state index in [1.807, 2.05) is 0 Å². The van der Waals surface area contributed by atoms with Crippen LogP contribution in [0.3, 0.4) is 0 Å². The second-order valence-electron chi connectivity index (χ2n) is 10.1. The molecule has 0 radical (unpaired) electrons. The molecule has 3 aliphatic rings. The number of hydrogen-bond acceptors (Lipinski definition) is 5. The van der Waals surface area contributed by atoms with Gasteiger partial charge in [0.2, 0.25) is 0 Å². The first-order valence-corrected chi connectivity index (χ1v) is 13.8. The summed E-state index contributed by atoms with van der Waals surface area (Å²) < 4.78 is 11.1. The molecule has 0 aromatic heterocycles. The Morgan fingerprint density at radius 1 is 1.22 bits per heavy atom. The van der Waals surface area contributed by atoms with Gasteiger partial charge in [-0.3, -0.25) is 4.79 Å². The first-order chi connectivity index (χ1) is 12.6. The van der Waals surface area contributed by atoms with E-state index in [1.54, 1.807) is 4.90 Å². The van der Waals surface area contributed by atoms with Crippen LogP contribution in [-0.2, 0) is 14.3 Å². The second kappa shape index (κ2) is 7.46. The average molecular weight is 398 g/mol. The summed E-state index contributed by atoms with van der Waals surface area (Å²) in [7, 11) is -1.20. The molecule has 2 N–H and O–H groups in total. The fourth-order valence-corrected chi connectivity index (χ4v) is 4.86. The molecule has 27 heavy (non-hydrogen) atoms. The standard InChI is InChI=1S/C19H35N3O4Si/c1-18(7-5-15(20)6-8-18)11-22-17(24)21(14-25-9-10-27(2,3)4)16(23)19(22)12-26-13-19/h15H,5-14,20H2,1-4H3. The summed E-state index contributed by atoms with van der Waals surface area (Å²) in [5.74, 6) is -0.164. The number of urea groups is 1. The summed E-state index contributed by atoms with van der Waals surface area (Å²) in [5.41, 5.74) is 5.23. The fourth-order valence-electron chi connectivity index (χ4n) is 4.10. The van der Waals surface area contributed by atoms with E-state index in [0.717, 1.165) is 31.7 Å². The molecule has 2 saturated heterocycles. The third-order valence-electron chi connectivity index (χ3n) is 6.30. The topological polar surface area (TPSA) is 85.1 Å². The number of imide groups is 1. The van der Waals surface area contributed by atoms with E-state index in [2.05, 4.69) is 26.6 Å². The van der Waals surface area contributed by atoms with Crippen LogP contribution in [-0.4, -0.2) is 74.5 Å². The first kappa shape index (κ1) is 20.8. The Morgan fingerprint density at radius 2 is 1.85 bits per heavy atom. The summed E-state index contributed by atoms with van der Waals surface area (Å²) in [6.07, 6.45) is 3.91. The molecular weight excluding hydrogens is 362 g/mol. The van der Waals surface area contributed by atoms with Crippen molar-refractivity contribution in [1.29, 1.82) is 0 Å². The molecule has 2 heterocycles. The third-order valence-corrected chi connectivity index (χ3v) is 8.00. The lowest BCUT2D eigenvalue weighted by Gasteiger charge is -2.46. The summed E-state index contributed by atoms with van der Waals surface area (Å²) in [6, 6.07) is 1.04. The molecule has 0 bridgehead atoms. The number of carbonyl (C=O) groups is 2. The molecule has 0 atom stereocenters. The lowest BCUT2D eigenvalue weighted by molar-refractivity contribution is -0.162. The van der Waals surface area contributed by atoms with Gasteiger partial charge < -0.3 is 20.1 Å². The van der Waals surface area contributed by atoms with Crippen molar-refractivity contribution < 1.29 is 19.1 Å². The molecule has 3 amide bonds. The minimum Gasteiger partial charge on any atom is -0.375 e. The molecule has 154 valence electrons. The van der Waals surface area contributed by atoms with Crippen LogP contribution in [0.5, 0.6) is 0 Å². The Hall–Kier alpha value is -0.963. The Bertz CT molecular complexity index is 580. The van der Waals surface area contributed by atoms with Crippen LogP contribution in [0.15, 0.2) is 0 Å². The van der Waals surface area contributed by atoms with E-state index < -0.39 is 13.6 Å². The molecule has 1 saturated carbocycles. The lowest BCUT2D eigenvalue weighted by atomic mass is 9.73. The summed E-state index contributed by atoms with van der Waals surface area (Å²) in [6.45, 7) is 10.8. The summed E-state index contributed by atoms with van der Waals surface area (Å²) in [5, 5.41) is 0. The quantitative estimate of drug-likeness (QED) is 0.404. The van der Waals surface area contributed by atoms with Crippen molar-refractivity contribution in [3.8, 4) is 0 Å². The lowest BCUT2D eigenvalue weighted by Crippen LogP contribution is -2.65. The van der Waals surface area contributed by atoms with Gasteiger partial charge in [-0.2, -0.15) is 0 Å². The van der Waals surface area contributed by atoms with Gasteiger partial charge in [0.25, 0.3) is 5.91 Å². The molecule has 3 rings (SSSR count). The molecule has 0 unspecified atom stereocenters. The maximum atomic E-state index is 13.1. The molecule has 1 spiro atoms. The van der Waals surface area contributed by atoms with Crippen molar-refractivity contribution in [2.75, 3.05) is 33.1 Å². The van der Waals surface area contributed by atoms with E-state index in [0.29, 0.717) is 26.4 Å². The van der Waals surface area contributed by atoms with Gasteiger partial charge in [-0.15, -0.1) is 0 Å². The Morgan fingerprint density at radius 3 is 2.37 bits per heavy atom. The number of amides is 3. The van der Waals surface area contributed by atoms with Crippen LogP contribution in [0.1, 0.15) is 32.6 Å². The normalized spacial score (nSPS) is 30.9. The monoisotopic (exact) mass is 397 g/mol. The Labute approximate surface area is 163 Å². The molecule has 1 aliphatic carbocycles. The van der Waals surface area contributed by atoms with Crippen LogP contribution in [0.4, 0.5) is 4.79 Å². The number of rotatable bonds is 7. The second-order valence-corrected chi connectivity index (χ2v) is 15.7. The van der Waals surface area contributed by atoms with E-state index in [1.165, 1.54) is 4.90 Å². The van der Waals surface area contributed by atoms with Gasteiger partial charge in [-0.25, -0.2) is 9.69 Å². The van der Waals surface area contributed by atoms with Gasteiger partial charge in [-0.1, -0.05) is 26.6 Å². The SMILES string of the molecule is CC1(CN2C(=O)N(COCC[Si](C)(C)C)C(=O)C23COC3)CCC(N)CC1. The maximum Gasteiger partial charge on any atom is 0.329 e. The average Bonchev–Trinajstić information content (AvgIpc) is 2.74. The minimum absolute atomic E-state index is 0.00308. The van der Waals surface area contributed by atoms with Gasteiger partial charge in [-0.05, 0) is 37.1 Å². The molecule has 0 aromatic carbocycles. The fraction of sp³-hybridized carbons (Fsp3) is 0.895. The zero-order valence-corrected chi connectivity index (χ0v) is 18.3. The van der Waals surface area contributed by atoms with Gasteiger partial charge >= 0.3 is 6.03 Å². The van der Waals surface area contributed by atoms with Crippen LogP contribution in [0.2, 0.25) is 25.7 Å². The summed E-state index contributed by atoms with van der Waals surface area (Å²) in [4.78, 5) is 29.1. The number of nitrogens with two attached hydrogens (primary N) is 1. The smallest absolute Gasteiger partial charge is 0.329 e. The van der Waals surface area contributed by atoms with Crippen LogP contribution in [0, 0.1) is 5.41 Å². The predicted molar refractivity (Wildman–Crippen MR) is 106 cm³/mol. The predicted octanol–water partition coefficient (Wildman–Crippen LogP) is 2.24. The highest BCUT2D eigenvalue weighted by atomic mass is 28.3. The zero-order valence-electron chi connectivity index (χ0n) is 17.3. The van der Waals surface area contributed by atoms with E-state index in [-0.39, 0.29) is 30.1 Å². The van der Waals surface area contributed by atoms with Crippen molar-refractivity contribution >= 4 is 20.0 Å². The van der Waals surface area contributed by atoms with Crippen LogP contribution >= 0.6 is 0 Å².